The Morgan fingerprint density at radius 3 is 2.55 bits per heavy atom. The zero-order valence-electron chi connectivity index (χ0n) is 11.4. The second-order valence-electron chi connectivity index (χ2n) is 4.26. The molecule has 0 aromatic heterocycles. The first kappa shape index (κ1) is 16.0. The molecule has 0 radical (unpaired) electrons. The zero-order valence-corrected chi connectivity index (χ0v) is 11.4. The quantitative estimate of drug-likeness (QED) is 0.538. The minimum Gasteiger partial charge on any atom is -0.490 e. The van der Waals surface area contributed by atoms with Crippen molar-refractivity contribution >= 4 is 11.9 Å². The van der Waals surface area contributed by atoms with E-state index in [1.807, 2.05) is 30.3 Å². The molecule has 0 atom stereocenters. The van der Waals surface area contributed by atoms with Crippen LogP contribution in [0.1, 0.15) is 6.42 Å². The van der Waals surface area contributed by atoms with Crippen molar-refractivity contribution in [3.63, 3.8) is 0 Å². The molecule has 0 unspecified atom stereocenters. The number of rotatable bonds is 9. The zero-order chi connectivity index (χ0) is 14.8. The summed E-state index contributed by atoms with van der Waals surface area (Å²) in [5, 5.41) is 8.52. The van der Waals surface area contributed by atoms with Gasteiger partial charge in [0, 0.05) is 6.54 Å². The maximum Gasteiger partial charge on any atom is 0.320 e. The van der Waals surface area contributed by atoms with Gasteiger partial charge in [-0.15, -0.1) is 0 Å². The molecule has 1 aromatic rings. The number of benzene rings is 1. The third-order valence-corrected chi connectivity index (χ3v) is 2.46. The summed E-state index contributed by atoms with van der Waals surface area (Å²) in [7, 11) is 1.67. The summed E-state index contributed by atoms with van der Waals surface area (Å²) in [6.45, 7) is 0.832. The van der Waals surface area contributed by atoms with Crippen LogP contribution in [0.15, 0.2) is 30.3 Å². The first-order valence-corrected chi connectivity index (χ1v) is 6.31. The second-order valence-corrected chi connectivity index (χ2v) is 4.26. The highest BCUT2D eigenvalue weighted by Crippen LogP contribution is 2.07. The van der Waals surface area contributed by atoms with Crippen LogP contribution in [-0.2, 0) is 14.3 Å². The van der Waals surface area contributed by atoms with Crippen LogP contribution in [0.4, 0.5) is 0 Å². The smallest absolute Gasteiger partial charge is 0.320 e. The van der Waals surface area contributed by atoms with Crippen LogP contribution >= 0.6 is 0 Å². The van der Waals surface area contributed by atoms with Crippen molar-refractivity contribution in [2.24, 2.45) is 0 Å². The van der Waals surface area contributed by atoms with Crippen LogP contribution < -0.4 is 4.74 Å². The Bertz CT molecular complexity index is 421. The van der Waals surface area contributed by atoms with Crippen LogP contribution in [0.2, 0.25) is 0 Å². The predicted octanol–water partition coefficient (Wildman–Crippen LogP) is 1.02. The molecule has 0 saturated carbocycles. The molecule has 1 N–H and O–H groups in total. The molecule has 110 valence electrons. The summed E-state index contributed by atoms with van der Waals surface area (Å²) in [6, 6.07) is 9.25. The molecule has 0 saturated heterocycles. The highest BCUT2D eigenvalue weighted by Gasteiger charge is 2.09. The van der Waals surface area contributed by atoms with Crippen molar-refractivity contribution in [1.29, 1.82) is 0 Å². The van der Waals surface area contributed by atoms with Crippen molar-refractivity contribution in [3.05, 3.63) is 30.3 Å². The number of esters is 1. The van der Waals surface area contributed by atoms with E-state index in [0.29, 0.717) is 6.54 Å². The molecule has 0 heterocycles. The van der Waals surface area contributed by atoms with E-state index in [2.05, 4.69) is 0 Å². The normalized spacial score (nSPS) is 10.3. The van der Waals surface area contributed by atoms with Crippen molar-refractivity contribution in [3.8, 4) is 5.75 Å². The van der Waals surface area contributed by atoms with Gasteiger partial charge in [0.2, 0.25) is 0 Å². The van der Waals surface area contributed by atoms with Gasteiger partial charge < -0.3 is 14.6 Å². The number of ether oxygens (including phenoxy) is 2. The maximum absolute atomic E-state index is 11.4. The average molecular weight is 281 g/mol. The lowest BCUT2D eigenvalue weighted by Crippen LogP contribution is -2.30. The summed E-state index contributed by atoms with van der Waals surface area (Å²) in [4.78, 5) is 23.4. The molecule has 1 aromatic carbocycles. The molecule has 0 spiro atoms. The predicted molar refractivity (Wildman–Crippen MR) is 72.6 cm³/mol. The van der Waals surface area contributed by atoms with Gasteiger partial charge in [-0.3, -0.25) is 14.5 Å². The number of carbonyl (C=O) groups excluding carboxylic acids is 1. The number of carbonyl (C=O) groups is 2. The van der Waals surface area contributed by atoms with E-state index in [-0.39, 0.29) is 26.2 Å². The van der Waals surface area contributed by atoms with Gasteiger partial charge in [-0.1, -0.05) is 18.2 Å². The number of nitrogens with zero attached hydrogens (tertiary/aromatic N) is 1. The molecule has 0 aliphatic carbocycles. The summed E-state index contributed by atoms with van der Waals surface area (Å²) in [5.74, 6) is -0.557. The van der Waals surface area contributed by atoms with Crippen molar-refractivity contribution < 1.29 is 24.2 Å². The fraction of sp³-hybridized carbons (Fsp3) is 0.429. The third-order valence-electron chi connectivity index (χ3n) is 2.46. The van der Waals surface area contributed by atoms with Crippen LogP contribution in [0.3, 0.4) is 0 Å². The average Bonchev–Trinajstić information content (AvgIpc) is 2.42. The fourth-order valence-electron chi connectivity index (χ4n) is 1.46. The number of aliphatic carboxylic acids is 1. The first-order valence-electron chi connectivity index (χ1n) is 6.31. The molecule has 20 heavy (non-hydrogen) atoms. The van der Waals surface area contributed by atoms with Crippen LogP contribution in [0.25, 0.3) is 0 Å². The number of likely N-dealkylation sites (N-methyl/N-ethyl adjacent to an activating group) is 1. The molecule has 0 aliphatic rings. The molecule has 0 amide bonds. The standard InChI is InChI=1S/C14H19NO5/c1-15(8-7-13(16)17)11-14(18)20-10-9-19-12-5-3-2-4-6-12/h2-6H,7-11H2,1H3,(H,16,17). The van der Waals surface area contributed by atoms with Crippen LogP contribution in [0.5, 0.6) is 5.75 Å². The van der Waals surface area contributed by atoms with E-state index in [1.165, 1.54) is 0 Å². The summed E-state index contributed by atoms with van der Waals surface area (Å²) in [5.41, 5.74) is 0. The third kappa shape index (κ3) is 7.38. The minimum absolute atomic E-state index is 0.000891. The van der Waals surface area contributed by atoms with E-state index < -0.39 is 11.9 Å². The van der Waals surface area contributed by atoms with Gasteiger partial charge in [0.15, 0.2) is 0 Å². The molecule has 0 aliphatic heterocycles. The topological polar surface area (TPSA) is 76.1 Å². The van der Waals surface area contributed by atoms with Crippen LogP contribution in [0, 0.1) is 0 Å². The van der Waals surface area contributed by atoms with E-state index in [9.17, 15) is 9.59 Å². The van der Waals surface area contributed by atoms with Gasteiger partial charge >= 0.3 is 11.9 Å². The van der Waals surface area contributed by atoms with Crippen molar-refractivity contribution in [1.82, 2.24) is 4.90 Å². The molecule has 1 rings (SSSR count). The number of carboxylic acids is 1. The first-order chi connectivity index (χ1) is 9.58. The van der Waals surface area contributed by atoms with Gasteiger partial charge in [0.05, 0.1) is 13.0 Å². The number of hydrogen-bond donors (Lipinski definition) is 1. The van der Waals surface area contributed by atoms with Gasteiger partial charge in [-0.05, 0) is 19.2 Å². The molecular formula is C14H19NO5. The highest BCUT2D eigenvalue weighted by atomic mass is 16.6. The lowest BCUT2D eigenvalue weighted by molar-refractivity contribution is -0.146. The lowest BCUT2D eigenvalue weighted by Gasteiger charge is -2.14. The van der Waals surface area contributed by atoms with Gasteiger partial charge in [0.1, 0.15) is 19.0 Å². The Hall–Kier alpha value is -2.08. The van der Waals surface area contributed by atoms with E-state index in [1.54, 1.807) is 11.9 Å². The summed E-state index contributed by atoms with van der Waals surface area (Å²) < 4.78 is 10.4. The van der Waals surface area contributed by atoms with E-state index in [0.717, 1.165) is 5.75 Å². The Labute approximate surface area is 117 Å². The Morgan fingerprint density at radius 2 is 1.90 bits per heavy atom. The molecule has 0 fully saturated rings. The van der Waals surface area contributed by atoms with Gasteiger partial charge in [0.25, 0.3) is 0 Å². The number of para-hydroxylation sites is 1. The summed E-state index contributed by atoms with van der Waals surface area (Å²) >= 11 is 0. The molecule has 6 nitrogen and oxygen atoms in total. The van der Waals surface area contributed by atoms with E-state index in [4.69, 9.17) is 14.6 Å². The minimum atomic E-state index is -0.888. The lowest BCUT2D eigenvalue weighted by atomic mass is 10.3. The molecule has 6 heteroatoms. The second kappa shape index (κ2) is 8.92. The maximum atomic E-state index is 11.4. The summed E-state index contributed by atoms with van der Waals surface area (Å²) in [6.07, 6.45) is 0.000891. The van der Waals surface area contributed by atoms with Crippen molar-refractivity contribution in [2.45, 2.75) is 6.42 Å². The molecule has 0 bridgehead atoms. The SMILES string of the molecule is CN(CCC(=O)O)CC(=O)OCCOc1ccccc1. The number of carboxylic acid groups (broad SMARTS) is 1. The largest absolute Gasteiger partial charge is 0.490 e. The van der Waals surface area contributed by atoms with E-state index >= 15 is 0 Å². The van der Waals surface area contributed by atoms with Crippen LogP contribution in [-0.4, -0.2) is 55.3 Å². The van der Waals surface area contributed by atoms with Crippen molar-refractivity contribution in [2.75, 3.05) is 33.4 Å². The Morgan fingerprint density at radius 1 is 1.20 bits per heavy atom. The fourth-order valence-corrected chi connectivity index (χ4v) is 1.46. The number of hydrogen-bond acceptors (Lipinski definition) is 5. The van der Waals surface area contributed by atoms with Gasteiger partial charge in [-0.2, -0.15) is 0 Å². The van der Waals surface area contributed by atoms with Gasteiger partial charge in [-0.25, -0.2) is 0 Å². The molecular weight excluding hydrogens is 262 g/mol. The highest BCUT2D eigenvalue weighted by molar-refractivity contribution is 5.71. The Kier molecular flexibility index (Phi) is 7.13. The Balaban J connectivity index is 2.09. The monoisotopic (exact) mass is 281 g/mol.